The van der Waals surface area contributed by atoms with Crippen LogP contribution < -0.4 is 9.75 Å². The maximum atomic E-state index is 12.1. The molecule has 6 rings (SSSR count). The van der Waals surface area contributed by atoms with Gasteiger partial charge in [0, 0.05) is 11.5 Å². The Balaban J connectivity index is 1.36. The van der Waals surface area contributed by atoms with Crippen LogP contribution in [0.1, 0.15) is 59.2 Å². The molecule has 3 aromatic carbocycles. The van der Waals surface area contributed by atoms with Gasteiger partial charge < -0.3 is 9.47 Å². The topological polar surface area (TPSA) is 55.5 Å². The normalized spacial score (nSPS) is 20.3. The summed E-state index contributed by atoms with van der Waals surface area (Å²) < 4.78 is 11.1. The predicted octanol–water partition coefficient (Wildman–Crippen LogP) is 6.95. The lowest BCUT2D eigenvalue weighted by Gasteiger charge is -2.34. The molecule has 38 heavy (non-hydrogen) atoms. The van der Waals surface area contributed by atoms with Gasteiger partial charge in [0.05, 0.1) is 36.7 Å². The van der Waals surface area contributed by atoms with Crippen molar-refractivity contribution in [3.63, 3.8) is 0 Å². The Morgan fingerprint density at radius 2 is 1.87 bits per heavy atom. The highest BCUT2D eigenvalue weighted by atomic mass is 16.5. The van der Waals surface area contributed by atoms with Crippen LogP contribution in [0.15, 0.2) is 71.8 Å². The monoisotopic (exact) mass is 505 g/mol. The minimum atomic E-state index is -0.309. The van der Waals surface area contributed by atoms with Crippen molar-refractivity contribution in [3.05, 3.63) is 100 Å². The van der Waals surface area contributed by atoms with Gasteiger partial charge in [-0.1, -0.05) is 55.3 Å². The summed E-state index contributed by atoms with van der Waals surface area (Å²) in [6, 6.07) is 22.0. The average molecular weight is 506 g/mol. The van der Waals surface area contributed by atoms with E-state index in [0.29, 0.717) is 35.4 Å². The molecule has 2 atom stereocenters. The maximum absolute atomic E-state index is 12.1. The second-order valence-corrected chi connectivity index (χ2v) is 10.4. The lowest BCUT2D eigenvalue weighted by molar-refractivity contribution is 0.0600. The molecule has 1 fully saturated rings. The van der Waals surface area contributed by atoms with Gasteiger partial charge in [-0.3, -0.25) is 5.01 Å². The van der Waals surface area contributed by atoms with Gasteiger partial charge in [0.25, 0.3) is 0 Å². The number of rotatable bonds is 6. The highest BCUT2D eigenvalue weighted by Crippen LogP contribution is 2.46. The summed E-state index contributed by atoms with van der Waals surface area (Å²) >= 11 is 0. The molecule has 6 heteroatoms. The second kappa shape index (κ2) is 10.3. The molecule has 0 saturated heterocycles. The number of carbonyl (C=O) groups is 1. The number of esters is 1. The van der Waals surface area contributed by atoms with E-state index >= 15 is 0 Å². The summed E-state index contributed by atoms with van der Waals surface area (Å²) in [6.07, 6.45) is 6.88. The van der Waals surface area contributed by atoms with Crippen molar-refractivity contribution in [1.82, 2.24) is 0 Å². The molecule has 0 spiro atoms. The summed E-state index contributed by atoms with van der Waals surface area (Å²) in [6.45, 7) is 8.08. The molecule has 1 saturated carbocycles. The summed E-state index contributed by atoms with van der Waals surface area (Å²) in [5.74, 6) is 1.19. The van der Waals surface area contributed by atoms with Crippen LogP contribution >= 0.6 is 0 Å². The van der Waals surface area contributed by atoms with Gasteiger partial charge in [0.2, 0.25) is 5.69 Å². The minimum absolute atomic E-state index is 0.279. The Kier molecular flexibility index (Phi) is 6.59. The first kappa shape index (κ1) is 24.2. The predicted molar refractivity (Wildman–Crippen MR) is 148 cm³/mol. The second-order valence-electron chi connectivity index (χ2n) is 10.4. The largest absolute Gasteiger partial charge is 0.500 e. The first-order chi connectivity index (χ1) is 18.7. The molecule has 192 valence electrons. The van der Waals surface area contributed by atoms with E-state index in [1.165, 1.54) is 32.8 Å². The molecule has 0 bridgehead atoms. The number of ether oxygens (including phenoxy) is 2. The van der Waals surface area contributed by atoms with Crippen LogP contribution in [0.3, 0.4) is 0 Å². The van der Waals surface area contributed by atoms with Crippen molar-refractivity contribution in [2.24, 2.45) is 16.9 Å². The van der Waals surface area contributed by atoms with E-state index < -0.39 is 0 Å². The zero-order valence-electron chi connectivity index (χ0n) is 21.6. The SMILES string of the molecule is [C-]#[N+]c1ccc(N2N=C3c4ccc(C(=O)OC)cc4CCC3C2C2CCCC2)cc1OCc1ccccc1. The van der Waals surface area contributed by atoms with Crippen molar-refractivity contribution in [2.45, 2.75) is 51.2 Å². The minimum Gasteiger partial charge on any atom is -0.500 e. The van der Waals surface area contributed by atoms with Gasteiger partial charge in [0.15, 0.2) is 0 Å². The highest BCUT2D eigenvalue weighted by molar-refractivity contribution is 6.07. The van der Waals surface area contributed by atoms with Gasteiger partial charge in [-0.2, -0.15) is 5.10 Å². The van der Waals surface area contributed by atoms with E-state index in [0.717, 1.165) is 40.9 Å². The van der Waals surface area contributed by atoms with Crippen LogP contribution in [0, 0.1) is 18.4 Å². The number of hydrazone groups is 1. The van der Waals surface area contributed by atoms with Crippen LogP contribution in [0.25, 0.3) is 4.85 Å². The standard InChI is InChI=1S/C32H31N3O3/c1-33-28-17-14-25(19-29(28)38-20-21-8-4-3-5-9-21)35-31(22-10-6-7-11-22)27-16-12-23-18-24(32(36)37-2)13-15-26(23)30(27)34-35/h3-5,8-9,13-15,17-19,22,27,31H,6-7,10-12,16,20H2,2H3. The zero-order chi connectivity index (χ0) is 26.1. The number of methoxy groups -OCH3 is 1. The lowest BCUT2D eigenvalue weighted by Crippen LogP contribution is -2.40. The Morgan fingerprint density at radius 1 is 1.05 bits per heavy atom. The van der Waals surface area contributed by atoms with Crippen LogP contribution in [0.4, 0.5) is 11.4 Å². The quantitative estimate of drug-likeness (QED) is 0.269. The molecule has 0 radical (unpaired) electrons. The molecule has 3 aromatic rings. The van der Waals surface area contributed by atoms with Crippen LogP contribution in [0.2, 0.25) is 0 Å². The number of hydrogen-bond acceptors (Lipinski definition) is 5. The van der Waals surface area contributed by atoms with Gasteiger partial charge in [-0.05, 0) is 67.0 Å². The van der Waals surface area contributed by atoms with Crippen molar-refractivity contribution >= 4 is 23.1 Å². The number of hydrogen-bond donors (Lipinski definition) is 0. The lowest BCUT2D eigenvalue weighted by atomic mass is 9.75. The summed E-state index contributed by atoms with van der Waals surface area (Å²) in [5, 5.41) is 7.47. The average Bonchev–Trinajstić information content (AvgIpc) is 3.64. The van der Waals surface area contributed by atoms with Crippen LogP contribution in [-0.4, -0.2) is 24.8 Å². The van der Waals surface area contributed by atoms with E-state index in [1.54, 1.807) is 0 Å². The fraction of sp³-hybridized carbons (Fsp3) is 0.344. The van der Waals surface area contributed by atoms with Gasteiger partial charge in [0.1, 0.15) is 12.4 Å². The van der Waals surface area contributed by atoms with Crippen LogP contribution in [-0.2, 0) is 17.8 Å². The van der Waals surface area contributed by atoms with Gasteiger partial charge in [-0.25, -0.2) is 9.64 Å². The molecule has 2 unspecified atom stereocenters. The van der Waals surface area contributed by atoms with Crippen LogP contribution in [0.5, 0.6) is 5.75 Å². The number of anilines is 1. The van der Waals surface area contributed by atoms with Gasteiger partial charge >= 0.3 is 5.97 Å². The molecule has 6 nitrogen and oxygen atoms in total. The maximum Gasteiger partial charge on any atom is 0.337 e. The molecular weight excluding hydrogens is 474 g/mol. The van der Waals surface area contributed by atoms with Crippen molar-refractivity contribution < 1.29 is 14.3 Å². The van der Waals surface area contributed by atoms with Gasteiger partial charge in [-0.15, -0.1) is 0 Å². The molecule has 1 heterocycles. The molecule has 1 aliphatic heterocycles. The van der Waals surface area contributed by atoms with Crippen molar-refractivity contribution in [1.29, 1.82) is 0 Å². The molecule has 0 amide bonds. The third kappa shape index (κ3) is 4.43. The molecular formula is C32H31N3O3. The summed E-state index contributed by atoms with van der Waals surface area (Å²) in [7, 11) is 1.42. The van der Waals surface area contributed by atoms with E-state index in [9.17, 15) is 4.79 Å². The molecule has 2 aliphatic carbocycles. The Labute approximate surface area is 223 Å². The highest BCUT2D eigenvalue weighted by Gasteiger charge is 2.45. The fourth-order valence-corrected chi connectivity index (χ4v) is 6.40. The van der Waals surface area contributed by atoms with Crippen molar-refractivity contribution in [3.8, 4) is 5.75 Å². The van der Waals surface area contributed by atoms with E-state index in [2.05, 4.69) is 9.85 Å². The summed E-state index contributed by atoms with van der Waals surface area (Å²) in [5.41, 5.74) is 6.53. The first-order valence-electron chi connectivity index (χ1n) is 13.4. The zero-order valence-corrected chi connectivity index (χ0v) is 21.6. The smallest absolute Gasteiger partial charge is 0.337 e. The number of fused-ring (bicyclic) bond motifs is 3. The van der Waals surface area contributed by atoms with E-state index in [4.69, 9.17) is 21.1 Å². The fourth-order valence-electron chi connectivity index (χ4n) is 6.40. The Morgan fingerprint density at radius 3 is 2.63 bits per heavy atom. The number of aryl methyl sites for hydroxylation is 1. The number of nitrogens with zero attached hydrogens (tertiary/aromatic N) is 3. The summed E-state index contributed by atoms with van der Waals surface area (Å²) in [4.78, 5) is 15.8. The molecule has 0 N–H and O–H groups in total. The van der Waals surface area contributed by atoms with E-state index in [-0.39, 0.29) is 12.0 Å². The van der Waals surface area contributed by atoms with E-state index in [1.807, 2.05) is 66.7 Å². The third-order valence-electron chi connectivity index (χ3n) is 8.24. The molecule has 3 aliphatic rings. The van der Waals surface area contributed by atoms with Crippen molar-refractivity contribution in [2.75, 3.05) is 12.1 Å². The number of carbonyl (C=O) groups excluding carboxylic acids is 1. The Bertz CT molecular complexity index is 1420. The number of benzene rings is 3. The molecule has 0 aromatic heterocycles. The third-order valence-corrected chi connectivity index (χ3v) is 8.24. The Hall–Kier alpha value is -4.11. The first-order valence-corrected chi connectivity index (χ1v) is 13.4.